The molecule has 0 spiro atoms. The van der Waals surface area contributed by atoms with Crippen molar-refractivity contribution < 1.29 is 9.13 Å². The minimum Gasteiger partial charge on any atom is -0.462 e. The van der Waals surface area contributed by atoms with Gasteiger partial charge in [-0.25, -0.2) is 14.5 Å². The first-order valence-electron chi connectivity index (χ1n) is 11.2. The lowest BCUT2D eigenvalue weighted by Gasteiger charge is -2.45. The Morgan fingerprint density at radius 1 is 1.28 bits per heavy atom. The Hall–Kier alpha value is -3.11. The molecule has 0 saturated heterocycles. The zero-order valence-electron chi connectivity index (χ0n) is 19.5. The highest BCUT2D eigenvalue weighted by molar-refractivity contribution is 5.61. The van der Waals surface area contributed by atoms with Gasteiger partial charge in [-0.2, -0.15) is 0 Å². The number of allylic oxidation sites excluding steroid dienone is 6. The molecule has 0 saturated carbocycles. The number of nitriles is 1. The summed E-state index contributed by atoms with van der Waals surface area (Å²) in [7, 11) is 0. The standard InChI is InChI=1S/C28H29FN2O/c1-17-11-20(24(16-30)31-6)12-21(32-17)8-7-18-13-23-25-19(9-10-28(23,4)5)14-27(2,3)15-22(25)26(18)29/h7-8,11-13,19H,9-10,14-15H2,1-5H3. The summed E-state index contributed by atoms with van der Waals surface area (Å²) in [6.45, 7) is 18.0. The Balaban J connectivity index is 1.80. The molecule has 0 amide bonds. The maximum atomic E-state index is 15.8. The van der Waals surface area contributed by atoms with Crippen LogP contribution in [-0.4, -0.2) is 0 Å². The number of ether oxygens (including phenoxy) is 1. The normalized spacial score (nSPS) is 24.4. The van der Waals surface area contributed by atoms with Crippen LogP contribution in [0.3, 0.4) is 0 Å². The van der Waals surface area contributed by atoms with E-state index in [2.05, 4.69) is 32.5 Å². The quantitative estimate of drug-likeness (QED) is 0.362. The van der Waals surface area contributed by atoms with E-state index in [1.54, 1.807) is 31.2 Å². The van der Waals surface area contributed by atoms with E-state index in [1.807, 2.05) is 12.1 Å². The minimum atomic E-state index is -0.131. The van der Waals surface area contributed by atoms with Crippen molar-refractivity contribution in [3.8, 4) is 6.07 Å². The van der Waals surface area contributed by atoms with Crippen LogP contribution in [0.25, 0.3) is 10.9 Å². The van der Waals surface area contributed by atoms with Gasteiger partial charge in [0.1, 0.15) is 17.3 Å². The molecule has 4 heteroatoms. The highest BCUT2D eigenvalue weighted by Gasteiger charge is 2.42. The molecule has 0 fully saturated rings. The zero-order valence-corrected chi connectivity index (χ0v) is 19.5. The fourth-order valence-corrected chi connectivity index (χ4v) is 5.51. The number of hydrogen-bond donors (Lipinski definition) is 0. The molecule has 0 aromatic heterocycles. The maximum absolute atomic E-state index is 15.8. The summed E-state index contributed by atoms with van der Waals surface area (Å²) in [5, 5.41) is 9.20. The molecule has 32 heavy (non-hydrogen) atoms. The molecule has 1 aromatic carbocycles. The van der Waals surface area contributed by atoms with E-state index in [0.29, 0.717) is 28.6 Å². The van der Waals surface area contributed by atoms with Gasteiger partial charge in [0.2, 0.25) is 0 Å². The third kappa shape index (κ3) is 3.91. The van der Waals surface area contributed by atoms with Crippen molar-refractivity contribution in [3.63, 3.8) is 0 Å². The van der Waals surface area contributed by atoms with Crippen LogP contribution in [0.5, 0.6) is 0 Å². The Bertz CT molecular complexity index is 1180. The summed E-state index contributed by atoms with van der Waals surface area (Å²) in [6, 6.07) is 3.94. The van der Waals surface area contributed by atoms with Gasteiger partial charge in [-0.05, 0) is 102 Å². The van der Waals surface area contributed by atoms with Gasteiger partial charge in [0.05, 0.1) is 12.6 Å². The van der Waals surface area contributed by atoms with Gasteiger partial charge in [-0.3, -0.25) is 0 Å². The van der Waals surface area contributed by atoms with Crippen molar-refractivity contribution in [1.82, 2.24) is 0 Å². The van der Waals surface area contributed by atoms with E-state index < -0.39 is 0 Å². The molecule has 1 heterocycles. The second-order valence-electron chi connectivity index (χ2n) is 10.6. The molecule has 4 rings (SSSR count). The monoisotopic (exact) mass is 428 g/mol. The van der Waals surface area contributed by atoms with Crippen molar-refractivity contribution >= 4 is 6.08 Å². The van der Waals surface area contributed by atoms with Crippen LogP contribution in [0, 0.1) is 29.1 Å². The lowest BCUT2D eigenvalue weighted by Crippen LogP contribution is -2.35. The van der Waals surface area contributed by atoms with Crippen LogP contribution in [0.2, 0.25) is 0 Å². The first-order valence-corrected chi connectivity index (χ1v) is 11.2. The molecule has 0 bridgehead atoms. The molecule has 1 aromatic rings. The molecule has 2 aliphatic carbocycles. The van der Waals surface area contributed by atoms with Crippen molar-refractivity contribution in [2.75, 3.05) is 0 Å². The molecular formula is C28H29FN2O. The summed E-state index contributed by atoms with van der Waals surface area (Å²) < 4.78 is 21.5. The molecule has 3 aliphatic rings. The summed E-state index contributed by atoms with van der Waals surface area (Å²) in [5.41, 5.74) is 4.60. The fraction of sp³-hybridized carbons (Fsp3) is 0.429. The highest BCUT2D eigenvalue weighted by atomic mass is 19.1. The molecular weight excluding hydrogens is 399 g/mol. The summed E-state index contributed by atoms with van der Waals surface area (Å²) >= 11 is 0. The molecule has 0 radical (unpaired) electrons. The van der Waals surface area contributed by atoms with Gasteiger partial charge in [0.25, 0.3) is 5.70 Å². The number of nitrogens with zero attached hydrogens (tertiary/aromatic N) is 2. The van der Waals surface area contributed by atoms with Crippen molar-refractivity contribution in [2.24, 2.45) is 5.41 Å². The van der Waals surface area contributed by atoms with Crippen LogP contribution in [0.1, 0.15) is 82.1 Å². The molecule has 3 nitrogen and oxygen atoms in total. The average Bonchev–Trinajstić information content (AvgIpc) is 2.71. The van der Waals surface area contributed by atoms with Crippen molar-refractivity contribution in [3.05, 3.63) is 86.6 Å². The lowest BCUT2D eigenvalue weighted by molar-refractivity contribution is 0.241. The Labute approximate surface area is 190 Å². The number of rotatable bonds is 2. The number of halogens is 1. The second kappa shape index (κ2) is 7.79. The predicted octanol–water partition coefficient (Wildman–Crippen LogP) is 7.48. The minimum absolute atomic E-state index is 0.0120. The maximum Gasteiger partial charge on any atom is 0.269 e. The smallest absolute Gasteiger partial charge is 0.269 e. The van der Waals surface area contributed by atoms with Gasteiger partial charge in [0.15, 0.2) is 0 Å². The van der Waals surface area contributed by atoms with Crippen molar-refractivity contribution in [1.29, 1.82) is 5.26 Å². The van der Waals surface area contributed by atoms with Gasteiger partial charge in [-0.15, -0.1) is 0 Å². The summed E-state index contributed by atoms with van der Waals surface area (Å²) in [4.78, 5) is 3.29. The third-order valence-corrected chi connectivity index (χ3v) is 7.00. The van der Waals surface area contributed by atoms with Crippen LogP contribution >= 0.6 is 0 Å². The zero-order chi connectivity index (χ0) is 23.3. The second-order valence-corrected chi connectivity index (χ2v) is 10.6. The molecule has 1 atom stereocenters. The molecule has 1 unspecified atom stereocenters. The van der Waals surface area contributed by atoms with Crippen LogP contribution in [0.15, 0.2) is 47.1 Å². The highest BCUT2D eigenvalue weighted by Crippen LogP contribution is 2.53. The Morgan fingerprint density at radius 2 is 2.03 bits per heavy atom. The summed E-state index contributed by atoms with van der Waals surface area (Å²) in [5.74, 6) is 1.38. The first kappa shape index (κ1) is 22.1. The van der Waals surface area contributed by atoms with E-state index in [9.17, 15) is 5.26 Å². The Morgan fingerprint density at radius 3 is 2.72 bits per heavy atom. The summed E-state index contributed by atoms with van der Waals surface area (Å²) in [6.07, 6.45) is 10.9. The van der Waals surface area contributed by atoms with Gasteiger partial charge in [-0.1, -0.05) is 27.7 Å². The van der Waals surface area contributed by atoms with Gasteiger partial charge < -0.3 is 4.74 Å². The molecule has 164 valence electrons. The van der Waals surface area contributed by atoms with E-state index in [-0.39, 0.29) is 22.3 Å². The predicted molar refractivity (Wildman–Crippen MR) is 125 cm³/mol. The molecule has 1 aliphatic heterocycles. The van der Waals surface area contributed by atoms with E-state index in [1.165, 1.54) is 11.1 Å². The third-order valence-electron chi connectivity index (χ3n) is 7.00. The van der Waals surface area contributed by atoms with Crippen LogP contribution < -0.4 is 0 Å². The van der Waals surface area contributed by atoms with E-state index in [4.69, 9.17) is 11.3 Å². The van der Waals surface area contributed by atoms with Gasteiger partial charge >= 0.3 is 0 Å². The van der Waals surface area contributed by atoms with Crippen LogP contribution in [0.4, 0.5) is 4.39 Å². The molecule has 0 N–H and O–H groups in total. The van der Waals surface area contributed by atoms with E-state index in [0.717, 1.165) is 31.2 Å². The first-order chi connectivity index (χ1) is 15.0. The topological polar surface area (TPSA) is 37.4 Å². The fourth-order valence-electron chi connectivity index (χ4n) is 5.51. The Kier molecular flexibility index (Phi) is 5.38. The van der Waals surface area contributed by atoms with E-state index >= 15 is 4.39 Å². The average molecular weight is 429 g/mol. The lowest BCUT2D eigenvalue weighted by atomic mass is 9.59. The van der Waals surface area contributed by atoms with Gasteiger partial charge in [0, 0.05) is 5.56 Å². The largest absolute Gasteiger partial charge is 0.462 e. The SMILES string of the molecule is [C-]#[N+]C(C#N)=C1C=C(C)OC(C=Cc2cc3c4c(c2F)CC(C)(C)CC4CCC3(C)C)=C1. The number of hydrogen-bond acceptors (Lipinski definition) is 2. The van der Waals surface area contributed by atoms with Crippen LogP contribution in [-0.2, 0) is 16.6 Å². The number of benzene rings is 1. The van der Waals surface area contributed by atoms with Crippen molar-refractivity contribution in [2.45, 2.75) is 71.6 Å².